The number of ether oxygens (including phenoxy) is 1. The number of hydrogen-bond acceptors (Lipinski definition) is 5. The van der Waals surface area contributed by atoms with Gasteiger partial charge in [0, 0.05) is 11.6 Å². The lowest BCUT2D eigenvalue weighted by atomic mass is 10.3. The number of benzene rings is 1. The summed E-state index contributed by atoms with van der Waals surface area (Å²) in [7, 11) is 0. The minimum Gasteiger partial charge on any atom is -0.486 e. The van der Waals surface area contributed by atoms with Crippen molar-refractivity contribution in [3.63, 3.8) is 0 Å². The number of halogens is 1. The molecule has 0 fully saturated rings. The van der Waals surface area contributed by atoms with Crippen molar-refractivity contribution in [2.24, 2.45) is 0 Å². The van der Waals surface area contributed by atoms with Crippen LogP contribution in [0.1, 0.15) is 20.4 Å². The van der Waals surface area contributed by atoms with E-state index < -0.39 is 0 Å². The van der Waals surface area contributed by atoms with Crippen molar-refractivity contribution in [1.29, 1.82) is 0 Å². The Morgan fingerprint density at radius 2 is 2.14 bits per heavy atom. The zero-order valence-electron chi connectivity index (χ0n) is 11.4. The first-order valence-electron chi connectivity index (χ1n) is 6.34. The van der Waals surface area contributed by atoms with Gasteiger partial charge in [-0.25, -0.2) is 4.98 Å². The number of carbonyl (C=O) groups is 1. The molecule has 2 rings (SSSR count). The summed E-state index contributed by atoms with van der Waals surface area (Å²) in [6, 6.07) is 7.05. The van der Waals surface area contributed by atoms with Gasteiger partial charge in [-0.15, -0.1) is 11.3 Å². The lowest BCUT2D eigenvalue weighted by Gasteiger charge is -2.03. The highest BCUT2D eigenvalue weighted by Gasteiger charge is 2.15. The molecular formula is C14H15ClN2O3S. The number of aliphatic hydroxyl groups excluding tert-OH is 1. The van der Waals surface area contributed by atoms with E-state index in [0.29, 0.717) is 28.0 Å². The number of nitrogens with zero attached hydrogens (tertiary/aromatic N) is 1. The molecule has 5 nitrogen and oxygen atoms in total. The van der Waals surface area contributed by atoms with E-state index in [2.05, 4.69) is 10.3 Å². The lowest BCUT2D eigenvalue weighted by molar-refractivity contribution is 0.0948. The van der Waals surface area contributed by atoms with E-state index >= 15 is 0 Å². The number of thiazole rings is 1. The van der Waals surface area contributed by atoms with E-state index in [4.69, 9.17) is 21.4 Å². The van der Waals surface area contributed by atoms with Gasteiger partial charge in [0.1, 0.15) is 22.2 Å². The van der Waals surface area contributed by atoms with Crippen LogP contribution in [0.2, 0.25) is 5.02 Å². The maximum Gasteiger partial charge on any atom is 0.263 e. The van der Waals surface area contributed by atoms with Crippen LogP contribution >= 0.6 is 22.9 Å². The smallest absolute Gasteiger partial charge is 0.263 e. The topological polar surface area (TPSA) is 71.5 Å². The van der Waals surface area contributed by atoms with Crippen LogP contribution < -0.4 is 10.1 Å². The van der Waals surface area contributed by atoms with Crippen molar-refractivity contribution in [3.8, 4) is 5.75 Å². The van der Waals surface area contributed by atoms with E-state index in [1.807, 2.05) is 0 Å². The molecule has 0 unspecified atom stereocenters. The Morgan fingerprint density at radius 3 is 2.81 bits per heavy atom. The summed E-state index contributed by atoms with van der Waals surface area (Å²) in [5, 5.41) is 12.7. The summed E-state index contributed by atoms with van der Waals surface area (Å²) in [6.07, 6.45) is 0. The van der Waals surface area contributed by atoms with Crippen LogP contribution in [-0.4, -0.2) is 29.1 Å². The highest BCUT2D eigenvalue weighted by atomic mass is 35.5. The molecule has 1 aromatic carbocycles. The SMILES string of the molecule is Cc1nc(COc2ccc(Cl)cc2)sc1C(=O)NCCO. The minimum atomic E-state index is -0.225. The van der Waals surface area contributed by atoms with E-state index in [0.717, 1.165) is 5.01 Å². The molecule has 21 heavy (non-hydrogen) atoms. The Hall–Kier alpha value is -1.63. The molecule has 0 radical (unpaired) electrons. The van der Waals surface area contributed by atoms with E-state index in [-0.39, 0.29) is 19.1 Å². The highest BCUT2D eigenvalue weighted by molar-refractivity contribution is 7.13. The van der Waals surface area contributed by atoms with Crippen LogP contribution in [0.3, 0.4) is 0 Å². The Balaban J connectivity index is 1.98. The van der Waals surface area contributed by atoms with Gasteiger partial charge in [-0.05, 0) is 31.2 Å². The molecule has 0 saturated heterocycles. The van der Waals surface area contributed by atoms with Crippen molar-refractivity contribution in [2.75, 3.05) is 13.2 Å². The summed E-state index contributed by atoms with van der Waals surface area (Å²) in [4.78, 5) is 16.7. The zero-order valence-corrected chi connectivity index (χ0v) is 13.0. The first-order chi connectivity index (χ1) is 10.1. The van der Waals surface area contributed by atoms with Crippen LogP contribution in [0.15, 0.2) is 24.3 Å². The second kappa shape index (κ2) is 7.40. The van der Waals surface area contributed by atoms with Crippen LogP contribution in [0.4, 0.5) is 0 Å². The number of nitrogens with one attached hydrogen (secondary N) is 1. The summed E-state index contributed by atoms with van der Waals surface area (Å²) < 4.78 is 5.59. The predicted molar refractivity (Wildman–Crippen MR) is 82.1 cm³/mol. The molecule has 0 aliphatic rings. The fraction of sp³-hybridized carbons (Fsp3) is 0.286. The average molecular weight is 327 g/mol. The Morgan fingerprint density at radius 1 is 1.43 bits per heavy atom. The van der Waals surface area contributed by atoms with Crippen molar-refractivity contribution in [3.05, 3.63) is 44.9 Å². The predicted octanol–water partition coefficient (Wildman–Crippen LogP) is 2.41. The molecule has 2 N–H and O–H groups in total. The van der Waals surface area contributed by atoms with Gasteiger partial charge in [0.2, 0.25) is 0 Å². The Kier molecular flexibility index (Phi) is 5.55. The van der Waals surface area contributed by atoms with Gasteiger partial charge in [-0.1, -0.05) is 11.6 Å². The van der Waals surface area contributed by atoms with E-state index in [1.165, 1.54) is 11.3 Å². The first kappa shape index (κ1) is 15.8. The second-order valence-electron chi connectivity index (χ2n) is 4.24. The molecule has 0 spiro atoms. The second-order valence-corrected chi connectivity index (χ2v) is 5.76. The fourth-order valence-electron chi connectivity index (χ4n) is 1.65. The summed E-state index contributed by atoms with van der Waals surface area (Å²) in [5.41, 5.74) is 0.658. The third-order valence-electron chi connectivity index (χ3n) is 2.62. The van der Waals surface area contributed by atoms with Crippen molar-refractivity contribution in [2.45, 2.75) is 13.5 Å². The van der Waals surface area contributed by atoms with Gasteiger partial charge in [0.05, 0.1) is 12.3 Å². The molecule has 1 heterocycles. The number of rotatable bonds is 6. The molecule has 0 aliphatic carbocycles. The van der Waals surface area contributed by atoms with Gasteiger partial charge in [-0.2, -0.15) is 0 Å². The minimum absolute atomic E-state index is 0.0872. The van der Waals surface area contributed by atoms with Crippen molar-refractivity contribution < 1.29 is 14.6 Å². The van der Waals surface area contributed by atoms with Crippen LogP contribution in [0.25, 0.3) is 0 Å². The maximum atomic E-state index is 11.8. The van der Waals surface area contributed by atoms with E-state index in [1.54, 1.807) is 31.2 Å². The normalized spacial score (nSPS) is 10.4. The Bertz CT molecular complexity index is 613. The van der Waals surface area contributed by atoms with Gasteiger partial charge in [0.15, 0.2) is 0 Å². The molecule has 0 aliphatic heterocycles. The highest BCUT2D eigenvalue weighted by Crippen LogP contribution is 2.21. The standard InChI is InChI=1S/C14H15ClN2O3S/c1-9-13(14(19)16-6-7-18)21-12(17-9)8-20-11-4-2-10(15)3-5-11/h2-5,18H,6-8H2,1H3,(H,16,19). The number of amides is 1. The fourth-order valence-corrected chi connectivity index (χ4v) is 2.67. The average Bonchev–Trinajstić information content (AvgIpc) is 2.85. The molecule has 0 atom stereocenters. The summed E-state index contributed by atoms with van der Waals surface area (Å²) in [6.45, 7) is 2.21. The van der Waals surface area contributed by atoms with Gasteiger partial charge < -0.3 is 15.2 Å². The van der Waals surface area contributed by atoms with Crippen LogP contribution in [0.5, 0.6) is 5.75 Å². The molecule has 1 aromatic heterocycles. The molecule has 0 bridgehead atoms. The molecule has 1 amide bonds. The lowest BCUT2D eigenvalue weighted by Crippen LogP contribution is -2.26. The number of aryl methyl sites for hydroxylation is 1. The number of aromatic nitrogens is 1. The van der Waals surface area contributed by atoms with Crippen LogP contribution in [0, 0.1) is 6.92 Å². The number of aliphatic hydroxyl groups is 1. The quantitative estimate of drug-likeness (QED) is 0.855. The number of hydrogen-bond donors (Lipinski definition) is 2. The molecular weight excluding hydrogens is 312 g/mol. The van der Waals surface area contributed by atoms with Gasteiger partial charge >= 0.3 is 0 Å². The van der Waals surface area contributed by atoms with E-state index in [9.17, 15) is 4.79 Å². The van der Waals surface area contributed by atoms with Gasteiger partial charge in [0.25, 0.3) is 5.91 Å². The maximum absolute atomic E-state index is 11.8. The largest absolute Gasteiger partial charge is 0.486 e. The first-order valence-corrected chi connectivity index (χ1v) is 7.53. The molecule has 0 saturated carbocycles. The summed E-state index contributed by atoms with van der Waals surface area (Å²) >= 11 is 7.09. The third-order valence-corrected chi connectivity index (χ3v) is 4.00. The van der Waals surface area contributed by atoms with Gasteiger partial charge in [-0.3, -0.25) is 4.79 Å². The molecule has 7 heteroatoms. The summed E-state index contributed by atoms with van der Waals surface area (Å²) in [5.74, 6) is 0.468. The Labute approximate surface area is 131 Å². The van der Waals surface area contributed by atoms with Crippen molar-refractivity contribution >= 4 is 28.8 Å². The number of carbonyl (C=O) groups excluding carboxylic acids is 1. The third kappa shape index (κ3) is 4.42. The molecule has 112 valence electrons. The zero-order chi connectivity index (χ0) is 15.2. The molecule has 2 aromatic rings. The van der Waals surface area contributed by atoms with Crippen LogP contribution in [-0.2, 0) is 6.61 Å². The van der Waals surface area contributed by atoms with Crippen molar-refractivity contribution in [1.82, 2.24) is 10.3 Å². The monoisotopic (exact) mass is 326 g/mol.